The minimum atomic E-state index is -3.81. The van der Waals surface area contributed by atoms with Gasteiger partial charge in [-0.05, 0) is 31.5 Å². The Hall–Kier alpha value is -1.82. The van der Waals surface area contributed by atoms with Gasteiger partial charge in [0.15, 0.2) is 0 Å². The Morgan fingerprint density at radius 2 is 2.07 bits per heavy atom. The summed E-state index contributed by atoms with van der Waals surface area (Å²) >= 11 is 1.61. The summed E-state index contributed by atoms with van der Waals surface area (Å²) in [6.07, 6.45) is 1.17. The van der Waals surface area contributed by atoms with E-state index in [0.29, 0.717) is 31.1 Å². The Labute approximate surface area is 180 Å². The molecule has 0 aromatic heterocycles. The van der Waals surface area contributed by atoms with Crippen molar-refractivity contribution in [2.45, 2.75) is 35.6 Å². The first-order valence-corrected chi connectivity index (χ1v) is 12.2. The fourth-order valence-electron chi connectivity index (χ4n) is 4.12. The molecule has 164 valence electrons. The minimum Gasteiger partial charge on any atom is -0.495 e. The molecule has 1 aromatic carbocycles. The van der Waals surface area contributed by atoms with Crippen LogP contribution in [0.1, 0.15) is 19.8 Å². The standard InChI is InChI=1S/C19H25N3O6S2/c1-19-6-5-17(23)22(19)14(12-29-19)18(24)20-13-3-4-15(27-2)16(11-13)30(25,26)21-7-9-28-10-8-21/h3-4,11,14H,5-10,12H2,1-2H3,(H,20,24)/t14-,19+/m1/s1. The molecule has 0 radical (unpaired) electrons. The maximum Gasteiger partial charge on any atom is 0.248 e. The number of sulfonamides is 1. The van der Waals surface area contributed by atoms with Gasteiger partial charge in [0.05, 0.1) is 25.2 Å². The van der Waals surface area contributed by atoms with Gasteiger partial charge in [0.2, 0.25) is 21.8 Å². The maximum absolute atomic E-state index is 13.1. The van der Waals surface area contributed by atoms with Crippen molar-refractivity contribution in [2.24, 2.45) is 0 Å². The highest BCUT2D eigenvalue weighted by molar-refractivity contribution is 8.01. The molecule has 3 fully saturated rings. The monoisotopic (exact) mass is 455 g/mol. The number of morpholine rings is 1. The van der Waals surface area contributed by atoms with Crippen LogP contribution < -0.4 is 10.1 Å². The molecule has 11 heteroatoms. The van der Waals surface area contributed by atoms with Crippen molar-refractivity contribution in [3.05, 3.63) is 18.2 Å². The Bertz CT molecular complexity index is 963. The average molecular weight is 456 g/mol. The molecule has 1 aromatic rings. The lowest BCUT2D eigenvalue weighted by atomic mass is 10.2. The second kappa shape index (κ2) is 8.03. The number of anilines is 1. The number of carbonyl (C=O) groups excluding carboxylic acids is 2. The minimum absolute atomic E-state index is 0.00687. The number of hydrogen-bond donors (Lipinski definition) is 1. The van der Waals surface area contributed by atoms with Crippen LogP contribution in [0.5, 0.6) is 5.75 Å². The molecule has 0 aliphatic carbocycles. The molecule has 2 amide bonds. The second-order valence-electron chi connectivity index (χ2n) is 7.64. The van der Waals surface area contributed by atoms with Gasteiger partial charge in [0.1, 0.15) is 16.7 Å². The van der Waals surface area contributed by atoms with E-state index in [1.807, 2.05) is 6.92 Å². The quantitative estimate of drug-likeness (QED) is 0.709. The number of rotatable bonds is 5. The van der Waals surface area contributed by atoms with Crippen LogP contribution in [-0.2, 0) is 24.3 Å². The lowest BCUT2D eigenvalue weighted by Gasteiger charge is -2.30. The van der Waals surface area contributed by atoms with Crippen molar-refractivity contribution in [3.63, 3.8) is 0 Å². The fourth-order valence-corrected chi connectivity index (χ4v) is 7.14. The number of methoxy groups -OCH3 is 1. The predicted molar refractivity (Wildman–Crippen MR) is 112 cm³/mol. The third-order valence-corrected chi connectivity index (χ3v) is 9.19. The van der Waals surface area contributed by atoms with Gasteiger partial charge >= 0.3 is 0 Å². The Morgan fingerprint density at radius 3 is 2.77 bits per heavy atom. The number of benzene rings is 1. The molecule has 0 bridgehead atoms. The molecule has 30 heavy (non-hydrogen) atoms. The van der Waals surface area contributed by atoms with Gasteiger partial charge in [-0.2, -0.15) is 4.31 Å². The first kappa shape index (κ1) is 21.4. The SMILES string of the molecule is COc1ccc(NC(=O)[C@H]2CS[C@@]3(C)CCC(=O)N23)cc1S(=O)(=O)N1CCOCC1. The summed E-state index contributed by atoms with van der Waals surface area (Å²) in [6, 6.07) is 3.96. The van der Waals surface area contributed by atoms with Gasteiger partial charge in [0, 0.05) is 31.0 Å². The van der Waals surface area contributed by atoms with E-state index in [0.717, 1.165) is 6.42 Å². The molecule has 3 aliphatic heterocycles. The lowest BCUT2D eigenvalue weighted by molar-refractivity contribution is -0.135. The summed E-state index contributed by atoms with van der Waals surface area (Å²) in [5.41, 5.74) is 0.345. The first-order valence-electron chi connectivity index (χ1n) is 9.79. The topological polar surface area (TPSA) is 105 Å². The van der Waals surface area contributed by atoms with E-state index in [1.165, 1.54) is 23.5 Å². The smallest absolute Gasteiger partial charge is 0.248 e. The van der Waals surface area contributed by atoms with Crippen LogP contribution in [0.15, 0.2) is 23.1 Å². The van der Waals surface area contributed by atoms with Gasteiger partial charge in [-0.25, -0.2) is 8.42 Å². The van der Waals surface area contributed by atoms with Crippen molar-refractivity contribution >= 4 is 39.3 Å². The zero-order valence-corrected chi connectivity index (χ0v) is 18.6. The van der Waals surface area contributed by atoms with Gasteiger partial charge in [-0.15, -0.1) is 11.8 Å². The number of nitrogens with zero attached hydrogens (tertiary/aromatic N) is 2. The average Bonchev–Trinajstić information content (AvgIpc) is 3.24. The Morgan fingerprint density at radius 1 is 1.33 bits per heavy atom. The normalized spacial score (nSPS) is 27.2. The van der Waals surface area contributed by atoms with Gasteiger partial charge in [0.25, 0.3) is 0 Å². The summed E-state index contributed by atoms with van der Waals surface area (Å²) < 4.78 is 38.1. The maximum atomic E-state index is 13.1. The number of fused-ring (bicyclic) bond motifs is 1. The van der Waals surface area contributed by atoms with E-state index in [4.69, 9.17) is 9.47 Å². The predicted octanol–water partition coefficient (Wildman–Crippen LogP) is 1.11. The molecule has 2 atom stereocenters. The molecule has 0 spiro atoms. The van der Waals surface area contributed by atoms with Gasteiger partial charge < -0.3 is 19.7 Å². The number of ether oxygens (including phenoxy) is 2. The van der Waals surface area contributed by atoms with Crippen LogP contribution in [0.2, 0.25) is 0 Å². The highest BCUT2D eigenvalue weighted by Gasteiger charge is 2.52. The van der Waals surface area contributed by atoms with Crippen LogP contribution in [0.4, 0.5) is 5.69 Å². The number of nitrogens with one attached hydrogen (secondary N) is 1. The van der Waals surface area contributed by atoms with E-state index in [9.17, 15) is 18.0 Å². The largest absolute Gasteiger partial charge is 0.495 e. The number of amides is 2. The molecule has 3 heterocycles. The molecular formula is C19H25N3O6S2. The van der Waals surface area contributed by atoms with E-state index in [2.05, 4.69) is 5.32 Å². The third-order valence-electron chi connectivity index (χ3n) is 5.77. The summed E-state index contributed by atoms with van der Waals surface area (Å²) in [4.78, 5) is 26.5. The molecule has 0 unspecified atom stereocenters. The molecule has 4 rings (SSSR count). The van der Waals surface area contributed by atoms with Crippen LogP contribution in [0.3, 0.4) is 0 Å². The highest BCUT2D eigenvalue weighted by atomic mass is 32.2. The van der Waals surface area contributed by atoms with E-state index in [1.54, 1.807) is 22.7 Å². The van der Waals surface area contributed by atoms with Crippen LogP contribution in [0, 0.1) is 0 Å². The van der Waals surface area contributed by atoms with Crippen molar-refractivity contribution in [1.29, 1.82) is 0 Å². The molecular weight excluding hydrogens is 430 g/mol. The molecule has 1 N–H and O–H groups in total. The fraction of sp³-hybridized carbons (Fsp3) is 0.579. The molecule has 3 aliphatic rings. The van der Waals surface area contributed by atoms with Crippen LogP contribution in [-0.4, -0.2) is 79.5 Å². The van der Waals surface area contributed by atoms with Gasteiger partial charge in [-0.3, -0.25) is 9.59 Å². The Kier molecular flexibility index (Phi) is 5.73. The first-order chi connectivity index (χ1) is 14.3. The lowest BCUT2D eigenvalue weighted by Crippen LogP contribution is -2.48. The summed E-state index contributed by atoms with van der Waals surface area (Å²) in [7, 11) is -2.40. The van der Waals surface area contributed by atoms with Crippen molar-refractivity contribution in [2.75, 3.05) is 44.5 Å². The van der Waals surface area contributed by atoms with Crippen molar-refractivity contribution in [3.8, 4) is 5.75 Å². The van der Waals surface area contributed by atoms with Gasteiger partial charge in [-0.1, -0.05) is 0 Å². The number of hydrogen-bond acceptors (Lipinski definition) is 7. The summed E-state index contributed by atoms with van der Waals surface area (Å²) in [5.74, 6) is 0.385. The molecule has 9 nitrogen and oxygen atoms in total. The van der Waals surface area contributed by atoms with Crippen molar-refractivity contribution in [1.82, 2.24) is 9.21 Å². The van der Waals surface area contributed by atoms with E-state index < -0.39 is 16.1 Å². The van der Waals surface area contributed by atoms with E-state index >= 15 is 0 Å². The zero-order chi connectivity index (χ0) is 21.5. The number of carbonyl (C=O) groups is 2. The zero-order valence-electron chi connectivity index (χ0n) is 16.9. The Balaban J connectivity index is 1.58. The van der Waals surface area contributed by atoms with Crippen LogP contribution >= 0.6 is 11.8 Å². The second-order valence-corrected chi connectivity index (χ2v) is 11.0. The highest BCUT2D eigenvalue weighted by Crippen LogP contribution is 2.47. The van der Waals surface area contributed by atoms with E-state index in [-0.39, 0.29) is 40.4 Å². The molecule has 0 saturated carbocycles. The summed E-state index contributed by atoms with van der Waals surface area (Å²) in [6.45, 7) is 3.17. The molecule has 3 saturated heterocycles. The van der Waals surface area contributed by atoms with Crippen LogP contribution in [0.25, 0.3) is 0 Å². The summed E-state index contributed by atoms with van der Waals surface area (Å²) in [5, 5.41) is 2.79. The van der Waals surface area contributed by atoms with Crippen molar-refractivity contribution < 1.29 is 27.5 Å². The third kappa shape index (κ3) is 3.68. The number of thioether (sulfide) groups is 1.